The number of benzene rings is 1. The van der Waals surface area contributed by atoms with Gasteiger partial charge >= 0.3 is 0 Å². The molecule has 3 rings (SSSR count). The highest BCUT2D eigenvalue weighted by atomic mass is 79.9. The first kappa shape index (κ1) is 14.1. The van der Waals surface area contributed by atoms with Gasteiger partial charge in [0.15, 0.2) is 0 Å². The molecule has 3 nitrogen and oxygen atoms in total. The van der Waals surface area contributed by atoms with E-state index in [0.717, 1.165) is 35.2 Å². The lowest BCUT2D eigenvalue weighted by molar-refractivity contribution is 0.0372. The fourth-order valence-electron chi connectivity index (χ4n) is 3.35. The van der Waals surface area contributed by atoms with E-state index in [9.17, 15) is 4.79 Å². The van der Waals surface area contributed by atoms with Gasteiger partial charge in [-0.15, -0.1) is 0 Å². The molecule has 2 saturated heterocycles. The zero-order chi connectivity index (χ0) is 14.1. The van der Waals surface area contributed by atoms with Crippen LogP contribution in [0.2, 0.25) is 0 Å². The second-order valence-corrected chi connectivity index (χ2v) is 6.70. The van der Waals surface area contributed by atoms with Gasteiger partial charge in [0.25, 0.3) is 5.91 Å². The van der Waals surface area contributed by atoms with Crippen LogP contribution in [0, 0.1) is 6.92 Å². The summed E-state index contributed by atoms with van der Waals surface area (Å²) in [5, 5.41) is 0. The average Bonchev–Trinajstić information content (AvgIpc) is 2.49. The molecule has 108 valence electrons. The smallest absolute Gasteiger partial charge is 0.254 e. The monoisotopic (exact) mass is 336 g/mol. The molecular weight excluding hydrogens is 316 g/mol. The van der Waals surface area contributed by atoms with Crippen molar-refractivity contribution in [3.05, 3.63) is 33.8 Å². The quantitative estimate of drug-likeness (QED) is 0.786. The molecule has 2 aliphatic heterocycles. The van der Waals surface area contributed by atoms with Crippen LogP contribution in [0.5, 0.6) is 0 Å². The van der Waals surface area contributed by atoms with Gasteiger partial charge in [0.05, 0.1) is 0 Å². The van der Waals surface area contributed by atoms with E-state index in [4.69, 9.17) is 0 Å². The van der Waals surface area contributed by atoms with Crippen molar-refractivity contribution in [3.8, 4) is 0 Å². The molecule has 4 heteroatoms. The van der Waals surface area contributed by atoms with E-state index < -0.39 is 0 Å². The zero-order valence-corrected chi connectivity index (χ0v) is 13.5. The standard InChI is InChI=1S/C16H21BrN2O/c1-12-14(6-4-7-15(12)17)16(20)19-10-9-18-8-3-2-5-13(18)11-19/h4,6-7,13H,2-3,5,8-11H2,1H3. The van der Waals surface area contributed by atoms with Gasteiger partial charge in [-0.05, 0) is 44.0 Å². The Bertz CT molecular complexity index is 517. The van der Waals surface area contributed by atoms with E-state index in [2.05, 4.69) is 20.8 Å². The Balaban J connectivity index is 1.76. The maximum Gasteiger partial charge on any atom is 0.254 e. The van der Waals surface area contributed by atoms with E-state index >= 15 is 0 Å². The number of fused-ring (bicyclic) bond motifs is 1. The van der Waals surface area contributed by atoms with Gasteiger partial charge < -0.3 is 4.90 Å². The SMILES string of the molecule is Cc1c(Br)cccc1C(=O)N1CCN2CCCCC2C1. The molecule has 0 bridgehead atoms. The number of hydrogen-bond acceptors (Lipinski definition) is 2. The number of amides is 1. The zero-order valence-electron chi connectivity index (χ0n) is 11.9. The molecule has 0 aromatic heterocycles. The third kappa shape index (κ3) is 2.63. The van der Waals surface area contributed by atoms with E-state index in [1.165, 1.54) is 25.8 Å². The fraction of sp³-hybridized carbons (Fsp3) is 0.562. The molecule has 1 atom stereocenters. The Labute approximate surface area is 129 Å². The number of hydrogen-bond donors (Lipinski definition) is 0. The Morgan fingerprint density at radius 3 is 2.95 bits per heavy atom. The predicted molar refractivity (Wildman–Crippen MR) is 84.0 cm³/mol. The molecule has 0 aliphatic carbocycles. The van der Waals surface area contributed by atoms with Gasteiger partial charge in [0.1, 0.15) is 0 Å². The number of carbonyl (C=O) groups is 1. The summed E-state index contributed by atoms with van der Waals surface area (Å²) >= 11 is 3.51. The van der Waals surface area contributed by atoms with Crippen LogP contribution in [-0.2, 0) is 0 Å². The summed E-state index contributed by atoms with van der Waals surface area (Å²) < 4.78 is 1.01. The van der Waals surface area contributed by atoms with Crippen LogP contribution >= 0.6 is 15.9 Å². The summed E-state index contributed by atoms with van der Waals surface area (Å²) in [7, 11) is 0. The minimum Gasteiger partial charge on any atom is -0.336 e. The molecule has 2 aliphatic rings. The molecule has 0 N–H and O–H groups in total. The Hall–Kier alpha value is -0.870. The molecule has 20 heavy (non-hydrogen) atoms. The van der Waals surface area contributed by atoms with Crippen molar-refractivity contribution >= 4 is 21.8 Å². The average molecular weight is 337 g/mol. The van der Waals surface area contributed by atoms with Crippen molar-refractivity contribution in [1.82, 2.24) is 9.80 Å². The van der Waals surface area contributed by atoms with Gasteiger partial charge in [-0.3, -0.25) is 9.69 Å². The van der Waals surface area contributed by atoms with Crippen LogP contribution in [-0.4, -0.2) is 47.9 Å². The molecule has 2 heterocycles. The Kier molecular flexibility index (Phi) is 4.13. The summed E-state index contributed by atoms with van der Waals surface area (Å²) in [4.78, 5) is 17.3. The molecule has 1 aromatic carbocycles. The summed E-state index contributed by atoms with van der Waals surface area (Å²) in [5.41, 5.74) is 1.88. The lowest BCUT2D eigenvalue weighted by atomic mass is 9.98. The second-order valence-electron chi connectivity index (χ2n) is 5.85. The third-order valence-electron chi connectivity index (χ3n) is 4.62. The first-order chi connectivity index (χ1) is 9.66. The molecule has 0 saturated carbocycles. The summed E-state index contributed by atoms with van der Waals surface area (Å²) in [6.45, 7) is 6.01. The van der Waals surface area contributed by atoms with Crippen molar-refractivity contribution < 1.29 is 4.79 Å². The minimum atomic E-state index is 0.189. The van der Waals surface area contributed by atoms with Gasteiger partial charge in [-0.25, -0.2) is 0 Å². The van der Waals surface area contributed by atoms with Crippen LogP contribution in [0.25, 0.3) is 0 Å². The lowest BCUT2D eigenvalue weighted by Crippen LogP contribution is -2.56. The fourth-order valence-corrected chi connectivity index (χ4v) is 3.72. The summed E-state index contributed by atoms with van der Waals surface area (Å²) in [6, 6.07) is 6.45. The highest BCUT2D eigenvalue weighted by Gasteiger charge is 2.31. The molecule has 1 unspecified atom stereocenters. The topological polar surface area (TPSA) is 23.6 Å². The van der Waals surface area contributed by atoms with Gasteiger partial charge in [-0.1, -0.05) is 28.4 Å². The normalized spacial score (nSPS) is 23.5. The highest BCUT2D eigenvalue weighted by Crippen LogP contribution is 2.24. The van der Waals surface area contributed by atoms with Crippen LogP contribution in [0.1, 0.15) is 35.2 Å². The van der Waals surface area contributed by atoms with E-state index in [1.54, 1.807) is 0 Å². The van der Waals surface area contributed by atoms with Crippen LogP contribution in [0.15, 0.2) is 22.7 Å². The largest absolute Gasteiger partial charge is 0.336 e. The van der Waals surface area contributed by atoms with E-state index in [-0.39, 0.29) is 5.91 Å². The van der Waals surface area contributed by atoms with E-state index in [0.29, 0.717) is 6.04 Å². The maximum absolute atomic E-state index is 12.7. The van der Waals surface area contributed by atoms with Gasteiger partial charge in [0.2, 0.25) is 0 Å². The van der Waals surface area contributed by atoms with E-state index in [1.807, 2.05) is 30.0 Å². The van der Waals surface area contributed by atoms with Crippen molar-refractivity contribution in [2.24, 2.45) is 0 Å². The predicted octanol–water partition coefficient (Wildman–Crippen LogP) is 3.07. The first-order valence-corrected chi connectivity index (χ1v) is 8.24. The molecule has 1 aromatic rings. The van der Waals surface area contributed by atoms with Crippen LogP contribution in [0.3, 0.4) is 0 Å². The molecule has 0 spiro atoms. The molecule has 2 fully saturated rings. The maximum atomic E-state index is 12.7. The van der Waals surface area contributed by atoms with Crippen LogP contribution < -0.4 is 0 Å². The first-order valence-electron chi connectivity index (χ1n) is 7.45. The minimum absolute atomic E-state index is 0.189. The molecular formula is C16H21BrN2O. The number of piperidine rings is 1. The van der Waals surface area contributed by atoms with Gasteiger partial charge in [-0.2, -0.15) is 0 Å². The number of rotatable bonds is 1. The second kappa shape index (κ2) is 5.86. The number of carbonyl (C=O) groups excluding carboxylic acids is 1. The number of halogens is 1. The lowest BCUT2D eigenvalue weighted by Gasteiger charge is -2.44. The van der Waals surface area contributed by atoms with Gasteiger partial charge in [0, 0.05) is 35.7 Å². The van der Waals surface area contributed by atoms with Crippen molar-refractivity contribution in [1.29, 1.82) is 0 Å². The number of nitrogens with zero attached hydrogens (tertiary/aromatic N) is 2. The van der Waals surface area contributed by atoms with Crippen molar-refractivity contribution in [2.75, 3.05) is 26.2 Å². The van der Waals surface area contributed by atoms with Crippen molar-refractivity contribution in [3.63, 3.8) is 0 Å². The summed E-state index contributed by atoms with van der Waals surface area (Å²) in [6.07, 6.45) is 3.86. The summed E-state index contributed by atoms with van der Waals surface area (Å²) in [5.74, 6) is 0.189. The Morgan fingerprint density at radius 1 is 1.25 bits per heavy atom. The van der Waals surface area contributed by atoms with Crippen molar-refractivity contribution in [2.45, 2.75) is 32.2 Å². The van der Waals surface area contributed by atoms with Crippen LogP contribution in [0.4, 0.5) is 0 Å². The highest BCUT2D eigenvalue weighted by molar-refractivity contribution is 9.10. The molecule has 0 radical (unpaired) electrons. The Morgan fingerprint density at radius 2 is 2.10 bits per heavy atom. The molecule has 1 amide bonds. The number of piperazine rings is 1. The third-order valence-corrected chi connectivity index (χ3v) is 5.48.